The maximum Gasteiger partial charge on any atom is 0.0564 e. The minimum Gasteiger partial charge on any atom is -0.369 e. The van der Waals surface area contributed by atoms with Crippen LogP contribution in [0.5, 0.6) is 0 Å². The number of halogens is 1. The van der Waals surface area contributed by atoms with Crippen LogP contribution >= 0.6 is 15.9 Å². The topological polar surface area (TPSA) is 19.4 Å². The quantitative estimate of drug-likeness (QED) is 0.819. The molecule has 1 aromatic rings. The molecule has 0 saturated carbocycles. The van der Waals surface area contributed by atoms with Gasteiger partial charge < -0.3 is 9.80 Å². The summed E-state index contributed by atoms with van der Waals surface area (Å²) in [5.41, 5.74) is 1.22. The van der Waals surface area contributed by atoms with Gasteiger partial charge in [-0.1, -0.05) is 0 Å². The molecule has 0 aliphatic carbocycles. The average molecular weight is 270 g/mol. The Kier molecular flexibility index (Phi) is 3.26. The molecule has 2 rings (SSSR count). The Balaban J connectivity index is 2.08. The molecule has 0 spiro atoms. The SMILES string of the molecule is CN(C)C1CCN(c2cncc(Br)c2)C1. The Hall–Kier alpha value is -0.610. The van der Waals surface area contributed by atoms with Crippen molar-refractivity contribution < 1.29 is 0 Å². The van der Waals surface area contributed by atoms with Crippen molar-refractivity contribution in [1.82, 2.24) is 9.88 Å². The second-order valence-corrected chi connectivity index (χ2v) is 5.13. The van der Waals surface area contributed by atoms with Gasteiger partial charge in [-0.15, -0.1) is 0 Å². The van der Waals surface area contributed by atoms with E-state index in [9.17, 15) is 0 Å². The van der Waals surface area contributed by atoms with E-state index in [2.05, 4.69) is 50.9 Å². The van der Waals surface area contributed by atoms with Gasteiger partial charge in [0.25, 0.3) is 0 Å². The van der Waals surface area contributed by atoms with Crippen LogP contribution in [0, 0.1) is 0 Å². The van der Waals surface area contributed by atoms with Crippen LogP contribution in [0.1, 0.15) is 6.42 Å². The van der Waals surface area contributed by atoms with Gasteiger partial charge in [-0.25, -0.2) is 0 Å². The van der Waals surface area contributed by atoms with Gasteiger partial charge in [0, 0.05) is 29.8 Å². The summed E-state index contributed by atoms with van der Waals surface area (Å²) in [5.74, 6) is 0. The Bertz CT molecular complexity index is 340. The van der Waals surface area contributed by atoms with Gasteiger partial charge in [-0.3, -0.25) is 4.98 Å². The molecule has 1 unspecified atom stereocenters. The molecule has 0 N–H and O–H groups in total. The Morgan fingerprint density at radius 2 is 2.27 bits per heavy atom. The first-order valence-electron chi connectivity index (χ1n) is 5.19. The Morgan fingerprint density at radius 3 is 2.87 bits per heavy atom. The Labute approximate surface area is 99.2 Å². The summed E-state index contributed by atoms with van der Waals surface area (Å²) < 4.78 is 1.05. The highest BCUT2D eigenvalue weighted by atomic mass is 79.9. The van der Waals surface area contributed by atoms with Crippen LogP contribution in [0.25, 0.3) is 0 Å². The summed E-state index contributed by atoms with van der Waals surface area (Å²) in [6, 6.07) is 2.80. The van der Waals surface area contributed by atoms with Gasteiger partial charge in [0.05, 0.1) is 11.9 Å². The second kappa shape index (κ2) is 4.49. The molecule has 1 atom stereocenters. The first-order valence-corrected chi connectivity index (χ1v) is 5.98. The molecule has 2 heterocycles. The third kappa shape index (κ3) is 2.49. The van der Waals surface area contributed by atoms with Crippen LogP contribution in [-0.4, -0.2) is 43.1 Å². The number of aromatic nitrogens is 1. The lowest BCUT2D eigenvalue weighted by Gasteiger charge is -2.21. The van der Waals surface area contributed by atoms with Crippen molar-refractivity contribution in [3.05, 3.63) is 22.9 Å². The minimum atomic E-state index is 0.670. The summed E-state index contributed by atoms with van der Waals surface area (Å²) in [5, 5.41) is 0. The molecule has 3 nitrogen and oxygen atoms in total. The first kappa shape index (κ1) is 10.9. The van der Waals surface area contributed by atoms with Gasteiger partial charge in [0.2, 0.25) is 0 Å². The molecular weight excluding hydrogens is 254 g/mol. The van der Waals surface area contributed by atoms with Crippen LogP contribution in [-0.2, 0) is 0 Å². The summed E-state index contributed by atoms with van der Waals surface area (Å²) in [4.78, 5) is 8.88. The summed E-state index contributed by atoms with van der Waals surface area (Å²) in [6.07, 6.45) is 4.99. The highest BCUT2D eigenvalue weighted by Crippen LogP contribution is 2.23. The molecule has 1 aliphatic heterocycles. The number of pyridine rings is 1. The zero-order chi connectivity index (χ0) is 10.8. The molecule has 0 bridgehead atoms. The van der Waals surface area contributed by atoms with Crippen molar-refractivity contribution in [1.29, 1.82) is 0 Å². The van der Waals surface area contributed by atoms with Crippen molar-refractivity contribution in [2.45, 2.75) is 12.5 Å². The predicted molar refractivity (Wildman–Crippen MR) is 66.2 cm³/mol. The monoisotopic (exact) mass is 269 g/mol. The highest BCUT2D eigenvalue weighted by Gasteiger charge is 2.24. The molecule has 15 heavy (non-hydrogen) atoms. The van der Waals surface area contributed by atoms with Crippen LogP contribution < -0.4 is 4.90 Å². The van der Waals surface area contributed by atoms with Crippen molar-refractivity contribution in [3.63, 3.8) is 0 Å². The number of nitrogens with zero attached hydrogens (tertiary/aromatic N) is 3. The maximum atomic E-state index is 4.20. The van der Waals surface area contributed by atoms with E-state index in [1.165, 1.54) is 12.1 Å². The number of likely N-dealkylation sites (N-methyl/N-ethyl adjacent to an activating group) is 1. The fourth-order valence-electron chi connectivity index (χ4n) is 1.97. The van der Waals surface area contributed by atoms with Crippen molar-refractivity contribution in [2.75, 3.05) is 32.1 Å². The van der Waals surface area contributed by atoms with Crippen molar-refractivity contribution >= 4 is 21.6 Å². The minimum absolute atomic E-state index is 0.670. The fraction of sp³-hybridized carbons (Fsp3) is 0.545. The molecule has 0 amide bonds. The fourth-order valence-corrected chi connectivity index (χ4v) is 2.32. The Morgan fingerprint density at radius 1 is 1.47 bits per heavy atom. The summed E-state index contributed by atoms with van der Waals surface area (Å²) in [7, 11) is 4.29. The molecule has 1 aliphatic rings. The van der Waals surface area contributed by atoms with E-state index in [0.717, 1.165) is 17.6 Å². The van der Waals surface area contributed by atoms with E-state index in [4.69, 9.17) is 0 Å². The molecule has 1 aromatic heterocycles. The zero-order valence-electron chi connectivity index (χ0n) is 9.15. The molecule has 0 aromatic carbocycles. The highest BCUT2D eigenvalue weighted by molar-refractivity contribution is 9.10. The van der Waals surface area contributed by atoms with Crippen LogP contribution in [0.4, 0.5) is 5.69 Å². The number of hydrogen-bond acceptors (Lipinski definition) is 3. The largest absolute Gasteiger partial charge is 0.369 e. The van der Waals surface area contributed by atoms with E-state index < -0.39 is 0 Å². The van der Waals surface area contributed by atoms with E-state index in [-0.39, 0.29) is 0 Å². The lowest BCUT2D eigenvalue weighted by atomic mass is 10.2. The van der Waals surface area contributed by atoms with Gasteiger partial charge in [0.15, 0.2) is 0 Å². The average Bonchev–Trinajstić information content (AvgIpc) is 2.66. The number of hydrogen-bond donors (Lipinski definition) is 0. The van der Waals surface area contributed by atoms with Gasteiger partial charge >= 0.3 is 0 Å². The van der Waals surface area contributed by atoms with E-state index in [1.54, 1.807) is 0 Å². The van der Waals surface area contributed by atoms with Gasteiger partial charge in [-0.2, -0.15) is 0 Å². The van der Waals surface area contributed by atoms with E-state index in [0.29, 0.717) is 6.04 Å². The third-order valence-electron chi connectivity index (χ3n) is 2.95. The molecule has 82 valence electrons. The summed E-state index contributed by atoms with van der Waals surface area (Å²) in [6.45, 7) is 2.23. The smallest absolute Gasteiger partial charge is 0.0564 e. The summed E-state index contributed by atoms with van der Waals surface area (Å²) >= 11 is 3.45. The van der Waals surface area contributed by atoms with Crippen molar-refractivity contribution in [3.8, 4) is 0 Å². The molecule has 4 heteroatoms. The van der Waals surface area contributed by atoms with Crippen LogP contribution in [0.2, 0.25) is 0 Å². The molecule has 1 fully saturated rings. The zero-order valence-corrected chi connectivity index (χ0v) is 10.7. The maximum absolute atomic E-state index is 4.20. The normalized spacial score (nSPS) is 21.3. The standard InChI is InChI=1S/C11H16BrN3/c1-14(2)10-3-4-15(8-10)11-5-9(12)6-13-7-11/h5-7,10H,3-4,8H2,1-2H3. The van der Waals surface area contributed by atoms with Crippen LogP contribution in [0.3, 0.4) is 0 Å². The molecule has 1 saturated heterocycles. The predicted octanol–water partition coefficient (Wildman–Crippen LogP) is 1.98. The molecule has 0 radical (unpaired) electrons. The third-order valence-corrected chi connectivity index (χ3v) is 3.38. The van der Waals surface area contributed by atoms with E-state index in [1.807, 2.05) is 12.4 Å². The first-order chi connectivity index (χ1) is 7.16. The van der Waals surface area contributed by atoms with E-state index >= 15 is 0 Å². The second-order valence-electron chi connectivity index (χ2n) is 4.21. The lowest BCUT2D eigenvalue weighted by molar-refractivity contribution is 0.315. The molecular formula is C11H16BrN3. The lowest BCUT2D eigenvalue weighted by Crippen LogP contribution is -2.31. The number of anilines is 1. The van der Waals surface area contributed by atoms with Crippen molar-refractivity contribution in [2.24, 2.45) is 0 Å². The van der Waals surface area contributed by atoms with Gasteiger partial charge in [-0.05, 0) is 42.5 Å². The van der Waals surface area contributed by atoms with Gasteiger partial charge in [0.1, 0.15) is 0 Å². The number of rotatable bonds is 2. The van der Waals surface area contributed by atoms with Crippen LogP contribution in [0.15, 0.2) is 22.9 Å².